The molecule has 0 aliphatic heterocycles. The van der Waals surface area contributed by atoms with Crippen molar-refractivity contribution in [1.29, 1.82) is 0 Å². The predicted octanol–water partition coefficient (Wildman–Crippen LogP) is 4.91. The summed E-state index contributed by atoms with van der Waals surface area (Å²) >= 11 is 1.51. The summed E-state index contributed by atoms with van der Waals surface area (Å²) in [5.74, 6) is 0.550. The number of carboxylic acid groups (broad SMARTS) is 1. The lowest BCUT2D eigenvalue weighted by Gasteiger charge is -2.04. The number of ether oxygens (including phenoxy) is 2. The van der Waals surface area contributed by atoms with Gasteiger partial charge in [-0.25, -0.2) is 0 Å². The first kappa shape index (κ1) is 19.2. The molecule has 2 aromatic carbocycles. The summed E-state index contributed by atoms with van der Waals surface area (Å²) in [7, 11) is 1.67. The zero-order chi connectivity index (χ0) is 20.2. The fraction of sp³-hybridized carbons (Fsp3) is 0.182. The Morgan fingerprint density at radius 1 is 1.14 bits per heavy atom. The van der Waals surface area contributed by atoms with E-state index in [9.17, 15) is 4.79 Å². The third kappa shape index (κ3) is 4.47. The molecule has 7 heteroatoms. The van der Waals surface area contributed by atoms with E-state index in [0.717, 1.165) is 26.8 Å². The lowest BCUT2D eigenvalue weighted by molar-refractivity contribution is -0.136. The normalized spacial score (nSPS) is 11.1. The zero-order valence-electron chi connectivity index (χ0n) is 15.8. The Morgan fingerprint density at radius 3 is 2.72 bits per heavy atom. The van der Waals surface area contributed by atoms with Gasteiger partial charge in [0, 0.05) is 23.4 Å². The lowest BCUT2D eigenvalue weighted by atomic mass is 10.1. The molecule has 0 spiro atoms. The minimum atomic E-state index is -0.833. The fourth-order valence-electron chi connectivity index (χ4n) is 3.06. The molecule has 29 heavy (non-hydrogen) atoms. The number of thiophene rings is 1. The molecular formula is C22H19NO5S. The fourth-order valence-corrected chi connectivity index (χ4v) is 4.05. The van der Waals surface area contributed by atoms with Crippen molar-refractivity contribution in [3.63, 3.8) is 0 Å². The molecule has 1 N–H and O–H groups in total. The van der Waals surface area contributed by atoms with Crippen LogP contribution in [-0.2, 0) is 29.2 Å². The van der Waals surface area contributed by atoms with Crippen LogP contribution in [0.4, 0.5) is 0 Å². The summed E-state index contributed by atoms with van der Waals surface area (Å²) in [5.41, 5.74) is 3.55. The van der Waals surface area contributed by atoms with Gasteiger partial charge < -0.3 is 19.1 Å². The molecule has 0 saturated heterocycles. The monoisotopic (exact) mass is 409 g/mol. The molecule has 0 amide bonds. The van der Waals surface area contributed by atoms with E-state index in [-0.39, 0.29) is 13.0 Å². The summed E-state index contributed by atoms with van der Waals surface area (Å²) in [6.07, 6.45) is 0.0222. The van der Waals surface area contributed by atoms with Crippen LogP contribution in [0.2, 0.25) is 0 Å². The molecule has 4 rings (SSSR count). The van der Waals surface area contributed by atoms with E-state index in [2.05, 4.69) is 5.16 Å². The summed E-state index contributed by atoms with van der Waals surface area (Å²) in [6.45, 7) is 0.853. The van der Waals surface area contributed by atoms with Crippen molar-refractivity contribution in [2.75, 3.05) is 7.11 Å². The quantitative estimate of drug-likeness (QED) is 0.445. The summed E-state index contributed by atoms with van der Waals surface area (Å²) in [4.78, 5) is 10.9. The van der Waals surface area contributed by atoms with Crippen LogP contribution in [0.1, 0.15) is 16.8 Å². The third-order valence-corrected chi connectivity index (χ3v) is 5.46. The lowest BCUT2D eigenvalue weighted by Crippen LogP contribution is -1.98. The standard InChI is InChI=1S/C22H19NO5S/c1-26-11-14-2-4-15(5-3-14)20-9-17(23-28-20)12-27-18-6-7-19-16(8-22(24)25)13-29-21(19)10-18/h2-7,9-10,13H,8,11-12H2,1H3,(H,24,25). The van der Waals surface area contributed by atoms with Gasteiger partial charge in [0.25, 0.3) is 0 Å². The van der Waals surface area contributed by atoms with E-state index < -0.39 is 5.97 Å². The SMILES string of the molecule is COCc1ccc(-c2cc(COc3ccc4c(CC(=O)O)csc4c3)no2)cc1. The molecule has 0 fully saturated rings. The minimum absolute atomic E-state index is 0.0222. The molecule has 2 heterocycles. The van der Waals surface area contributed by atoms with E-state index in [1.165, 1.54) is 11.3 Å². The van der Waals surface area contributed by atoms with Gasteiger partial charge >= 0.3 is 5.97 Å². The van der Waals surface area contributed by atoms with Gasteiger partial charge in [-0.2, -0.15) is 0 Å². The maximum absolute atomic E-state index is 10.9. The van der Waals surface area contributed by atoms with Gasteiger partial charge in [0.05, 0.1) is 13.0 Å². The van der Waals surface area contributed by atoms with Crippen LogP contribution in [-0.4, -0.2) is 23.3 Å². The number of fused-ring (bicyclic) bond motifs is 1. The Kier molecular flexibility index (Phi) is 5.59. The topological polar surface area (TPSA) is 81.8 Å². The van der Waals surface area contributed by atoms with Gasteiger partial charge in [-0.1, -0.05) is 29.4 Å². The highest BCUT2D eigenvalue weighted by atomic mass is 32.1. The smallest absolute Gasteiger partial charge is 0.307 e. The molecule has 6 nitrogen and oxygen atoms in total. The third-order valence-electron chi connectivity index (χ3n) is 4.46. The van der Waals surface area contributed by atoms with Crippen molar-refractivity contribution >= 4 is 27.4 Å². The maximum atomic E-state index is 10.9. The van der Waals surface area contributed by atoms with Gasteiger partial charge in [0.2, 0.25) is 0 Å². The van der Waals surface area contributed by atoms with Crippen LogP contribution in [0.5, 0.6) is 5.75 Å². The number of hydrogen-bond acceptors (Lipinski definition) is 6. The molecule has 148 valence electrons. The van der Waals surface area contributed by atoms with Gasteiger partial charge in [0.15, 0.2) is 5.76 Å². The van der Waals surface area contributed by atoms with E-state index in [0.29, 0.717) is 23.8 Å². The highest BCUT2D eigenvalue weighted by molar-refractivity contribution is 7.17. The van der Waals surface area contributed by atoms with Crippen molar-refractivity contribution in [3.05, 3.63) is 70.7 Å². The number of hydrogen-bond donors (Lipinski definition) is 1. The highest BCUT2D eigenvalue weighted by Crippen LogP contribution is 2.30. The summed E-state index contributed by atoms with van der Waals surface area (Å²) in [6, 6.07) is 15.4. The molecule has 0 unspecified atom stereocenters. The molecule has 2 aromatic heterocycles. The van der Waals surface area contributed by atoms with Gasteiger partial charge in [-0.05, 0) is 40.1 Å². The van der Waals surface area contributed by atoms with Gasteiger partial charge in [-0.3, -0.25) is 4.79 Å². The average molecular weight is 409 g/mol. The van der Waals surface area contributed by atoms with Crippen molar-refractivity contribution in [2.45, 2.75) is 19.6 Å². The Labute approximate surface area is 171 Å². The van der Waals surface area contributed by atoms with Crippen LogP contribution in [0.3, 0.4) is 0 Å². The van der Waals surface area contributed by atoms with Crippen molar-refractivity contribution in [1.82, 2.24) is 5.16 Å². The van der Waals surface area contributed by atoms with Crippen molar-refractivity contribution < 1.29 is 23.9 Å². The van der Waals surface area contributed by atoms with Crippen molar-refractivity contribution in [3.8, 4) is 17.1 Å². The number of carboxylic acids is 1. The highest BCUT2D eigenvalue weighted by Gasteiger charge is 2.10. The van der Waals surface area contributed by atoms with Crippen LogP contribution in [0.25, 0.3) is 21.4 Å². The van der Waals surface area contributed by atoms with Gasteiger partial charge in [-0.15, -0.1) is 11.3 Å². The first-order valence-corrected chi connectivity index (χ1v) is 9.89. The van der Waals surface area contributed by atoms with Gasteiger partial charge in [0.1, 0.15) is 18.1 Å². The Morgan fingerprint density at radius 2 is 1.97 bits per heavy atom. The molecule has 0 aliphatic carbocycles. The number of methoxy groups -OCH3 is 1. The maximum Gasteiger partial charge on any atom is 0.307 e. The molecule has 0 radical (unpaired) electrons. The molecule has 0 atom stereocenters. The Bertz CT molecular complexity index is 1130. The zero-order valence-corrected chi connectivity index (χ0v) is 16.6. The number of aromatic nitrogens is 1. The second kappa shape index (κ2) is 8.46. The molecular weight excluding hydrogens is 390 g/mol. The van der Waals surface area contributed by atoms with Crippen LogP contribution < -0.4 is 4.74 Å². The number of carbonyl (C=O) groups is 1. The summed E-state index contributed by atoms with van der Waals surface area (Å²) in [5, 5.41) is 15.9. The van der Waals surface area contributed by atoms with Crippen molar-refractivity contribution in [2.24, 2.45) is 0 Å². The van der Waals surface area contributed by atoms with Crippen LogP contribution in [0, 0.1) is 0 Å². The van der Waals surface area contributed by atoms with E-state index in [1.54, 1.807) is 7.11 Å². The number of aliphatic carboxylic acids is 1. The second-order valence-electron chi connectivity index (χ2n) is 6.59. The Balaban J connectivity index is 1.42. The first-order valence-electron chi connectivity index (χ1n) is 9.01. The molecule has 4 aromatic rings. The first-order chi connectivity index (χ1) is 14.1. The number of nitrogens with zero attached hydrogens (tertiary/aromatic N) is 1. The molecule has 0 bridgehead atoms. The number of rotatable bonds is 8. The van der Waals surface area contributed by atoms with Crippen LogP contribution in [0.15, 0.2) is 58.4 Å². The largest absolute Gasteiger partial charge is 0.487 e. The summed E-state index contributed by atoms with van der Waals surface area (Å²) < 4.78 is 17.4. The average Bonchev–Trinajstić information content (AvgIpc) is 3.34. The second-order valence-corrected chi connectivity index (χ2v) is 7.50. The van der Waals surface area contributed by atoms with E-state index >= 15 is 0 Å². The molecule has 0 saturated carbocycles. The Hall–Kier alpha value is -3.16. The molecule has 0 aliphatic rings. The van der Waals surface area contributed by atoms with E-state index in [1.807, 2.05) is 53.9 Å². The van der Waals surface area contributed by atoms with Crippen LogP contribution >= 0.6 is 11.3 Å². The van der Waals surface area contributed by atoms with E-state index in [4.69, 9.17) is 19.1 Å². The minimum Gasteiger partial charge on any atom is -0.487 e. The predicted molar refractivity (Wildman–Crippen MR) is 110 cm³/mol. The number of benzene rings is 2.